The van der Waals surface area contributed by atoms with Gasteiger partial charge in [0.05, 0.1) is 20.8 Å². The summed E-state index contributed by atoms with van der Waals surface area (Å²) in [5.74, 6) is 1.13. The van der Waals surface area contributed by atoms with Crippen molar-refractivity contribution < 1.29 is 27.8 Å². The molecule has 1 N–H and O–H groups in total. The van der Waals surface area contributed by atoms with E-state index in [4.69, 9.17) is 9.47 Å². The van der Waals surface area contributed by atoms with E-state index in [1.54, 1.807) is 11.3 Å². The van der Waals surface area contributed by atoms with Crippen LogP contribution in [0.2, 0.25) is 0 Å². The number of piperazine rings is 1. The standard InChI is InChI=1S/C24H28F3N3O3S/c1-17-28-22-14-21(6-7-23(22)34-17)33-16-19(31)15-30-10-8-29(9-11-30)12-13-32-20-4-2-18(3-5-20)24(25,26)27/h2-7,14,19,31H,8-13,15-16H2,1H3/t19-/m1/s1. The van der Waals surface area contributed by atoms with Crippen LogP contribution in [0, 0.1) is 6.92 Å². The van der Waals surface area contributed by atoms with E-state index in [1.807, 2.05) is 25.1 Å². The monoisotopic (exact) mass is 495 g/mol. The highest BCUT2D eigenvalue weighted by atomic mass is 32.1. The summed E-state index contributed by atoms with van der Waals surface area (Å²) in [6.45, 7) is 7.14. The number of alkyl halides is 3. The lowest BCUT2D eigenvalue weighted by atomic mass is 10.2. The Bertz CT molecular complexity index is 1070. The molecule has 0 spiro atoms. The topological polar surface area (TPSA) is 58.1 Å². The van der Waals surface area contributed by atoms with Crippen LogP contribution in [0.5, 0.6) is 11.5 Å². The van der Waals surface area contributed by atoms with Crippen LogP contribution in [-0.4, -0.2) is 78.5 Å². The SMILES string of the molecule is Cc1nc2cc(OC[C@H](O)CN3CCN(CCOc4ccc(C(F)(F)F)cc4)CC3)ccc2s1. The lowest BCUT2D eigenvalue weighted by Crippen LogP contribution is -2.50. The molecule has 0 amide bonds. The molecule has 1 aliphatic rings. The van der Waals surface area contributed by atoms with Crippen LogP contribution < -0.4 is 9.47 Å². The van der Waals surface area contributed by atoms with Crippen LogP contribution >= 0.6 is 11.3 Å². The first-order chi connectivity index (χ1) is 16.3. The number of thiazole rings is 1. The van der Waals surface area contributed by atoms with Crippen molar-refractivity contribution in [2.45, 2.75) is 19.2 Å². The Hall–Kier alpha value is -2.40. The summed E-state index contributed by atoms with van der Waals surface area (Å²) in [6.07, 6.45) is -4.94. The smallest absolute Gasteiger partial charge is 0.416 e. The van der Waals surface area contributed by atoms with Gasteiger partial charge in [-0.15, -0.1) is 11.3 Å². The number of halogens is 3. The molecule has 0 bridgehead atoms. The summed E-state index contributed by atoms with van der Waals surface area (Å²) < 4.78 is 50.3. The first-order valence-electron chi connectivity index (χ1n) is 11.2. The molecule has 4 rings (SSSR count). The van der Waals surface area contributed by atoms with E-state index in [-0.39, 0.29) is 6.61 Å². The van der Waals surface area contributed by atoms with Crippen molar-refractivity contribution >= 4 is 21.6 Å². The highest BCUT2D eigenvalue weighted by molar-refractivity contribution is 7.18. The lowest BCUT2D eigenvalue weighted by molar-refractivity contribution is -0.137. The van der Waals surface area contributed by atoms with E-state index >= 15 is 0 Å². The van der Waals surface area contributed by atoms with Gasteiger partial charge in [-0.25, -0.2) is 4.98 Å². The fourth-order valence-electron chi connectivity index (χ4n) is 3.88. The zero-order valence-electron chi connectivity index (χ0n) is 18.9. The molecule has 2 aromatic carbocycles. The fourth-order valence-corrected chi connectivity index (χ4v) is 4.69. The highest BCUT2D eigenvalue weighted by Crippen LogP contribution is 2.30. The van der Waals surface area contributed by atoms with Crippen molar-refractivity contribution in [2.24, 2.45) is 0 Å². The predicted octanol–water partition coefficient (Wildman–Crippen LogP) is 4.06. The van der Waals surface area contributed by atoms with Gasteiger partial charge >= 0.3 is 6.18 Å². The van der Waals surface area contributed by atoms with Gasteiger partial charge in [0, 0.05) is 45.3 Å². The number of aliphatic hydroxyl groups excluding tert-OH is 1. The Labute approximate surface area is 200 Å². The molecule has 6 nitrogen and oxygen atoms in total. The van der Waals surface area contributed by atoms with E-state index in [0.717, 1.165) is 53.5 Å². The van der Waals surface area contributed by atoms with Gasteiger partial charge in [-0.2, -0.15) is 13.2 Å². The van der Waals surface area contributed by atoms with E-state index in [1.165, 1.54) is 12.1 Å². The highest BCUT2D eigenvalue weighted by Gasteiger charge is 2.30. The predicted molar refractivity (Wildman–Crippen MR) is 126 cm³/mol. The number of benzene rings is 2. The summed E-state index contributed by atoms with van der Waals surface area (Å²) in [4.78, 5) is 8.91. The molecule has 1 saturated heterocycles. The van der Waals surface area contributed by atoms with Gasteiger partial charge in [-0.1, -0.05) is 0 Å². The van der Waals surface area contributed by atoms with E-state index in [9.17, 15) is 18.3 Å². The van der Waals surface area contributed by atoms with Gasteiger partial charge in [0.1, 0.15) is 30.8 Å². The average molecular weight is 496 g/mol. The molecule has 0 saturated carbocycles. The molecule has 1 atom stereocenters. The normalized spacial score (nSPS) is 16.6. The maximum atomic E-state index is 12.6. The van der Waals surface area contributed by atoms with E-state index in [0.29, 0.717) is 31.2 Å². The van der Waals surface area contributed by atoms with Gasteiger partial charge in [-0.05, 0) is 43.3 Å². The van der Waals surface area contributed by atoms with Crippen molar-refractivity contribution in [3.8, 4) is 11.5 Å². The largest absolute Gasteiger partial charge is 0.492 e. The Morgan fingerprint density at radius 3 is 2.38 bits per heavy atom. The summed E-state index contributed by atoms with van der Waals surface area (Å²) >= 11 is 1.64. The number of fused-ring (bicyclic) bond motifs is 1. The van der Waals surface area contributed by atoms with Gasteiger partial charge in [-0.3, -0.25) is 9.80 Å². The van der Waals surface area contributed by atoms with Crippen LogP contribution in [0.1, 0.15) is 10.6 Å². The molecule has 1 aliphatic heterocycles. The van der Waals surface area contributed by atoms with Crippen LogP contribution in [0.25, 0.3) is 10.2 Å². The second kappa shape index (κ2) is 10.9. The number of aryl methyl sites for hydroxylation is 1. The Morgan fingerprint density at radius 2 is 1.68 bits per heavy atom. The third-order valence-corrected chi connectivity index (χ3v) is 6.65. The van der Waals surface area contributed by atoms with Gasteiger partial charge in [0.15, 0.2) is 0 Å². The minimum Gasteiger partial charge on any atom is -0.492 e. The number of hydrogen-bond acceptors (Lipinski definition) is 7. The maximum Gasteiger partial charge on any atom is 0.416 e. The molecule has 34 heavy (non-hydrogen) atoms. The van der Waals surface area contributed by atoms with Crippen LogP contribution in [-0.2, 0) is 6.18 Å². The first kappa shape index (κ1) is 24.7. The lowest BCUT2D eigenvalue weighted by Gasteiger charge is -2.35. The molecule has 1 fully saturated rings. The number of ether oxygens (including phenoxy) is 2. The quantitative estimate of drug-likeness (QED) is 0.483. The van der Waals surface area contributed by atoms with E-state index < -0.39 is 17.8 Å². The van der Waals surface area contributed by atoms with Crippen molar-refractivity contribution in [3.63, 3.8) is 0 Å². The van der Waals surface area contributed by atoms with Crippen molar-refractivity contribution in [1.82, 2.24) is 14.8 Å². The maximum absolute atomic E-state index is 12.6. The van der Waals surface area contributed by atoms with Gasteiger partial charge < -0.3 is 14.6 Å². The summed E-state index contributed by atoms with van der Waals surface area (Å²) in [5.41, 5.74) is 0.229. The molecular weight excluding hydrogens is 467 g/mol. The average Bonchev–Trinajstić information content (AvgIpc) is 3.18. The number of aliphatic hydroxyl groups is 1. The van der Waals surface area contributed by atoms with Crippen molar-refractivity contribution in [2.75, 3.05) is 52.5 Å². The molecule has 184 valence electrons. The Kier molecular flexibility index (Phi) is 7.92. The minimum absolute atomic E-state index is 0.218. The Morgan fingerprint density at radius 1 is 1.00 bits per heavy atom. The number of β-amino-alcohol motifs (C(OH)–C–C–N with tert-alkyl or cyclic N) is 1. The second-order valence-electron chi connectivity index (χ2n) is 8.34. The zero-order chi connectivity index (χ0) is 24.1. The molecule has 2 heterocycles. The molecule has 1 aromatic heterocycles. The molecular formula is C24H28F3N3O3S. The summed E-state index contributed by atoms with van der Waals surface area (Å²) in [5, 5.41) is 11.4. The van der Waals surface area contributed by atoms with Crippen molar-refractivity contribution in [1.29, 1.82) is 0 Å². The number of aromatic nitrogens is 1. The minimum atomic E-state index is -4.34. The third kappa shape index (κ3) is 6.82. The molecule has 0 aliphatic carbocycles. The molecule has 0 radical (unpaired) electrons. The van der Waals surface area contributed by atoms with Gasteiger partial charge in [0.2, 0.25) is 0 Å². The zero-order valence-corrected chi connectivity index (χ0v) is 19.7. The van der Waals surface area contributed by atoms with E-state index in [2.05, 4.69) is 14.8 Å². The third-order valence-electron chi connectivity index (χ3n) is 5.70. The van der Waals surface area contributed by atoms with Crippen LogP contribution in [0.4, 0.5) is 13.2 Å². The summed E-state index contributed by atoms with van der Waals surface area (Å²) in [7, 11) is 0. The van der Waals surface area contributed by atoms with Crippen LogP contribution in [0.15, 0.2) is 42.5 Å². The fraction of sp³-hybridized carbons (Fsp3) is 0.458. The molecule has 10 heteroatoms. The Balaban J connectivity index is 1.12. The number of hydrogen-bond donors (Lipinski definition) is 1. The molecule has 3 aromatic rings. The second-order valence-corrected chi connectivity index (χ2v) is 9.57. The summed E-state index contributed by atoms with van der Waals surface area (Å²) in [6, 6.07) is 10.5. The van der Waals surface area contributed by atoms with Crippen LogP contribution in [0.3, 0.4) is 0 Å². The molecule has 0 unspecified atom stereocenters. The van der Waals surface area contributed by atoms with Gasteiger partial charge in [0.25, 0.3) is 0 Å². The number of rotatable bonds is 9. The number of nitrogens with zero attached hydrogens (tertiary/aromatic N) is 3. The first-order valence-corrected chi connectivity index (χ1v) is 12.0. The van der Waals surface area contributed by atoms with Crippen molar-refractivity contribution in [3.05, 3.63) is 53.0 Å².